The second kappa shape index (κ2) is 9.12. The van der Waals surface area contributed by atoms with Crippen LogP contribution in [0, 0.1) is 0 Å². The second-order valence-electron chi connectivity index (χ2n) is 4.72. The summed E-state index contributed by atoms with van der Waals surface area (Å²) in [5.41, 5.74) is 7.70. The first-order chi connectivity index (χ1) is 9.63. The van der Waals surface area contributed by atoms with Crippen molar-refractivity contribution < 1.29 is 9.94 Å². The molecule has 4 N–H and O–H groups in total. The predicted molar refractivity (Wildman–Crippen MR) is 80.8 cm³/mol. The summed E-state index contributed by atoms with van der Waals surface area (Å²) < 4.78 is 5.44. The molecule has 0 bridgehead atoms. The zero-order valence-corrected chi connectivity index (χ0v) is 11.9. The molecule has 0 saturated carbocycles. The lowest BCUT2D eigenvalue weighted by molar-refractivity contribution is 0.155. The number of nitrogens with one attached hydrogen (secondary N) is 1. The molecule has 110 valence electrons. The fourth-order valence-electron chi connectivity index (χ4n) is 1.79. The number of benzene rings is 1. The average Bonchev–Trinajstić information content (AvgIpc) is 2.46. The third-order valence-electron chi connectivity index (χ3n) is 2.73. The van der Waals surface area contributed by atoms with Crippen molar-refractivity contribution in [2.24, 2.45) is 10.9 Å². The molecular formula is C15H23N3O2. The van der Waals surface area contributed by atoms with E-state index in [-0.39, 0.29) is 11.9 Å². The molecule has 0 fully saturated rings. The maximum absolute atomic E-state index is 8.70. The molecule has 5 nitrogen and oxygen atoms in total. The first-order valence-corrected chi connectivity index (χ1v) is 6.60. The highest BCUT2D eigenvalue weighted by Gasteiger charge is 2.12. The largest absolute Gasteiger partial charge is 0.409 e. The summed E-state index contributed by atoms with van der Waals surface area (Å²) in [5.74, 6) is 0.203. The van der Waals surface area contributed by atoms with Crippen LogP contribution in [0.2, 0.25) is 0 Å². The molecule has 0 spiro atoms. The molecule has 0 radical (unpaired) electrons. The van der Waals surface area contributed by atoms with E-state index in [4.69, 9.17) is 15.7 Å². The van der Waals surface area contributed by atoms with Crippen LogP contribution in [0.1, 0.15) is 24.9 Å². The SMILES string of the molecule is C=C(C)COCCNC(C/C(N)=N/O)c1ccccc1. The Morgan fingerprint density at radius 3 is 2.75 bits per heavy atom. The number of ether oxygens (including phenoxy) is 1. The summed E-state index contributed by atoms with van der Waals surface area (Å²) in [5, 5.41) is 15.1. The van der Waals surface area contributed by atoms with Crippen molar-refractivity contribution in [3.63, 3.8) is 0 Å². The third-order valence-corrected chi connectivity index (χ3v) is 2.73. The summed E-state index contributed by atoms with van der Waals surface area (Å²) in [6.07, 6.45) is 0.445. The molecule has 0 aliphatic rings. The number of hydrogen-bond donors (Lipinski definition) is 3. The minimum absolute atomic E-state index is 0.000489. The van der Waals surface area contributed by atoms with Gasteiger partial charge in [-0.15, -0.1) is 0 Å². The molecule has 20 heavy (non-hydrogen) atoms. The van der Waals surface area contributed by atoms with Crippen LogP contribution in [0.3, 0.4) is 0 Å². The van der Waals surface area contributed by atoms with E-state index < -0.39 is 0 Å². The van der Waals surface area contributed by atoms with E-state index in [1.165, 1.54) is 0 Å². The monoisotopic (exact) mass is 277 g/mol. The van der Waals surface area contributed by atoms with Gasteiger partial charge in [0.1, 0.15) is 5.84 Å². The van der Waals surface area contributed by atoms with E-state index in [0.29, 0.717) is 26.2 Å². The maximum Gasteiger partial charge on any atom is 0.141 e. The Balaban J connectivity index is 2.49. The Hall–Kier alpha value is -1.85. The van der Waals surface area contributed by atoms with Crippen LogP contribution in [0.5, 0.6) is 0 Å². The first-order valence-electron chi connectivity index (χ1n) is 6.60. The van der Waals surface area contributed by atoms with Gasteiger partial charge in [-0.1, -0.05) is 47.6 Å². The minimum Gasteiger partial charge on any atom is -0.409 e. The number of amidine groups is 1. The van der Waals surface area contributed by atoms with E-state index in [9.17, 15) is 0 Å². The van der Waals surface area contributed by atoms with Crippen molar-refractivity contribution in [1.82, 2.24) is 5.32 Å². The van der Waals surface area contributed by atoms with Gasteiger partial charge in [-0.25, -0.2) is 0 Å². The highest BCUT2D eigenvalue weighted by atomic mass is 16.5. The molecule has 1 rings (SSSR count). The molecule has 1 aromatic rings. The fourth-order valence-corrected chi connectivity index (χ4v) is 1.79. The number of rotatable bonds is 9. The van der Waals surface area contributed by atoms with Gasteiger partial charge in [-0.05, 0) is 12.5 Å². The molecule has 0 heterocycles. The standard InChI is InChI=1S/C15H23N3O2/c1-12(2)11-20-9-8-17-14(10-15(16)18-19)13-6-4-3-5-7-13/h3-7,14,17,19H,1,8-11H2,2H3,(H2,16,18). The van der Waals surface area contributed by atoms with Crippen molar-refractivity contribution in [3.05, 3.63) is 48.0 Å². The normalized spacial score (nSPS) is 13.2. The van der Waals surface area contributed by atoms with Gasteiger partial charge in [0.25, 0.3) is 0 Å². The lowest BCUT2D eigenvalue weighted by atomic mass is 10.0. The number of nitrogens with two attached hydrogens (primary N) is 1. The Morgan fingerprint density at radius 2 is 2.15 bits per heavy atom. The Bertz CT molecular complexity index is 432. The first kappa shape index (κ1) is 16.2. The van der Waals surface area contributed by atoms with Gasteiger partial charge in [0.15, 0.2) is 0 Å². The minimum atomic E-state index is 0.000489. The number of hydrogen-bond acceptors (Lipinski definition) is 4. The van der Waals surface area contributed by atoms with E-state index >= 15 is 0 Å². The Morgan fingerprint density at radius 1 is 1.45 bits per heavy atom. The van der Waals surface area contributed by atoms with Gasteiger partial charge in [0, 0.05) is 19.0 Å². The van der Waals surface area contributed by atoms with Crippen LogP contribution in [0.15, 0.2) is 47.6 Å². The maximum atomic E-state index is 8.70. The molecule has 0 aliphatic carbocycles. The molecule has 5 heteroatoms. The molecule has 0 aliphatic heterocycles. The average molecular weight is 277 g/mol. The third kappa shape index (κ3) is 6.36. The Kier molecular flexibility index (Phi) is 7.39. The van der Waals surface area contributed by atoms with E-state index in [1.54, 1.807) is 0 Å². The summed E-state index contributed by atoms with van der Waals surface area (Å²) in [6, 6.07) is 9.91. The smallest absolute Gasteiger partial charge is 0.141 e. The van der Waals surface area contributed by atoms with Crippen molar-refractivity contribution in [2.45, 2.75) is 19.4 Å². The van der Waals surface area contributed by atoms with E-state index in [1.807, 2.05) is 37.3 Å². The molecular weight excluding hydrogens is 254 g/mol. The van der Waals surface area contributed by atoms with Gasteiger partial charge < -0.3 is 21.0 Å². The lowest BCUT2D eigenvalue weighted by Gasteiger charge is -2.18. The van der Waals surface area contributed by atoms with Crippen LogP contribution < -0.4 is 11.1 Å². The van der Waals surface area contributed by atoms with Crippen LogP contribution in [0.4, 0.5) is 0 Å². The fraction of sp³-hybridized carbons (Fsp3) is 0.400. The topological polar surface area (TPSA) is 79.9 Å². The quantitative estimate of drug-likeness (QED) is 0.161. The van der Waals surface area contributed by atoms with Gasteiger partial charge >= 0.3 is 0 Å². The van der Waals surface area contributed by atoms with Crippen molar-refractivity contribution in [3.8, 4) is 0 Å². The zero-order chi connectivity index (χ0) is 14.8. The van der Waals surface area contributed by atoms with Crippen molar-refractivity contribution in [2.75, 3.05) is 19.8 Å². The van der Waals surface area contributed by atoms with Gasteiger partial charge in [-0.3, -0.25) is 0 Å². The van der Waals surface area contributed by atoms with E-state index in [0.717, 1.165) is 11.1 Å². The van der Waals surface area contributed by atoms with Crippen LogP contribution in [0.25, 0.3) is 0 Å². The summed E-state index contributed by atoms with van der Waals surface area (Å²) >= 11 is 0. The second-order valence-corrected chi connectivity index (χ2v) is 4.72. The van der Waals surface area contributed by atoms with Gasteiger partial charge in [0.2, 0.25) is 0 Å². The molecule has 0 amide bonds. The van der Waals surface area contributed by atoms with Crippen molar-refractivity contribution in [1.29, 1.82) is 0 Å². The van der Waals surface area contributed by atoms with Crippen molar-refractivity contribution >= 4 is 5.84 Å². The summed E-state index contributed by atoms with van der Waals surface area (Å²) in [4.78, 5) is 0. The zero-order valence-electron chi connectivity index (χ0n) is 11.9. The molecule has 0 aromatic heterocycles. The predicted octanol–water partition coefficient (Wildman–Crippen LogP) is 2.05. The molecule has 0 saturated heterocycles. The van der Waals surface area contributed by atoms with Crippen LogP contribution >= 0.6 is 0 Å². The highest BCUT2D eigenvalue weighted by Crippen LogP contribution is 2.16. The van der Waals surface area contributed by atoms with Gasteiger partial charge in [-0.2, -0.15) is 0 Å². The molecule has 1 atom stereocenters. The van der Waals surface area contributed by atoms with E-state index in [2.05, 4.69) is 17.1 Å². The molecule has 1 aromatic carbocycles. The lowest BCUT2D eigenvalue weighted by Crippen LogP contribution is -2.29. The summed E-state index contributed by atoms with van der Waals surface area (Å²) in [7, 11) is 0. The Labute approximate surface area is 120 Å². The van der Waals surface area contributed by atoms with Gasteiger partial charge in [0.05, 0.1) is 13.2 Å². The number of nitrogens with zero attached hydrogens (tertiary/aromatic N) is 1. The van der Waals surface area contributed by atoms with Crippen LogP contribution in [-0.4, -0.2) is 30.8 Å². The summed E-state index contributed by atoms with van der Waals surface area (Å²) in [6.45, 7) is 7.55. The molecule has 1 unspecified atom stereocenters. The van der Waals surface area contributed by atoms with Crippen LogP contribution in [-0.2, 0) is 4.74 Å². The highest BCUT2D eigenvalue weighted by molar-refractivity contribution is 5.80. The number of oxime groups is 1.